The van der Waals surface area contributed by atoms with Gasteiger partial charge in [0.05, 0.1) is 7.05 Å². The molecule has 0 fully saturated rings. The molecule has 5 heteroatoms. The van der Waals surface area contributed by atoms with E-state index in [0.29, 0.717) is 0 Å². The normalized spacial score (nSPS) is 10.5. The molecule has 0 aromatic heterocycles. The van der Waals surface area contributed by atoms with Crippen LogP contribution in [0.5, 0.6) is 0 Å². The summed E-state index contributed by atoms with van der Waals surface area (Å²) in [6, 6.07) is 0. The maximum atomic E-state index is 8.10. The third-order valence-electron chi connectivity index (χ3n) is 0.478. The van der Waals surface area contributed by atoms with Gasteiger partial charge in [-0.05, 0) is 0 Å². The molecule has 0 unspecified atom stereocenters. The fourth-order valence-corrected chi connectivity index (χ4v) is 0.274. The van der Waals surface area contributed by atoms with Gasteiger partial charge >= 0.3 is 5.97 Å². The van der Waals surface area contributed by atoms with Gasteiger partial charge in [0.15, 0.2) is 6.54 Å². The summed E-state index contributed by atoms with van der Waals surface area (Å²) in [5, 5.41) is 25.8. The van der Waals surface area contributed by atoms with Crippen molar-refractivity contribution < 1.29 is 37.6 Å². The van der Waals surface area contributed by atoms with Gasteiger partial charge in [0, 0.05) is 0 Å². The Labute approximate surface area is 57.9 Å². The molecule has 0 aliphatic carbocycles. The standard InChI is InChI=1S/C3H9NO3.BrH/c1-4-2-3(5,6)7;/h4-7H,2H2,1H3;1H. The van der Waals surface area contributed by atoms with Crippen molar-refractivity contribution in [2.45, 2.75) is 5.97 Å². The first-order chi connectivity index (χ1) is 3.06. The molecule has 0 bridgehead atoms. The second-order valence-electron chi connectivity index (χ2n) is 1.39. The third kappa shape index (κ3) is 9.58. The van der Waals surface area contributed by atoms with Crippen LogP contribution in [0.25, 0.3) is 0 Å². The van der Waals surface area contributed by atoms with E-state index in [9.17, 15) is 0 Å². The highest BCUT2D eigenvalue weighted by Gasteiger charge is 2.18. The van der Waals surface area contributed by atoms with Crippen molar-refractivity contribution in [2.75, 3.05) is 13.6 Å². The van der Waals surface area contributed by atoms with Crippen molar-refractivity contribution in [1.29, 1.82) is 0 Å². The fraction of sp³-hybridized carbons (Fsp3) is 1.00. The van der Waals surface area contributed by atoms with E-state index >= 15 is 0 Å². The zero-order chi connectivity index (χ0) is 5.91. The van der Waals surface area contributed by atoms with Gasteiger partial charge in [0.25, 0.3) is 0 Å². The summed E-state index contributed by atoms with van der Waals surface area (Å²) in [5.74, 6) is -2.51. The van der Waals surface area contributed by atoms with Crippen LogP contribution in [0, 0.1) is 0 Å². The Balaban J connectivity index is 0. The predicted molar refractivity (Wildman–Crippen MR) is 22.1 cm³/mol. The summed E-state index contributed by atoms with van der Waals surface area (Å²) in [7, 11) is 1.62. The highest BCUT2D eigenvalue weighted by molar-refractivity contribution is 4.34. The fourth-order valence-electron chi connectivity index (χ4n) is 0.274. The minimum absolute atomic E-state index is 0. The molecule has 0 heterocycles. The van der Waals surface area contributed by atoms with Crippen molar-refractivity contribution in [2.24, 2.45) is 0 Å². The summed E-state index contributed by atoms with van der Waals surface area (Å²) < 4.78 is 0. The molecule has 0 aromatic carbocycles. The van der Waals surface area contributed by atoms with E-state index in [-0.39, 0.29) is 23.5 Å². The summed E-state index contributed by atoms with van der Waals surface area (Å²) in [6.07, 6.45) is 0. The third-order valence-corrected chi connectivity index (χ3v) is 0.478. The zero-order valence-corrected chi connectivity index (χ0v) is 6.09. The average Bonchev–Trinajstić information content (AvgIpc) is 1.30. The van der Waals surface area contributed by atoms with Crippen molar-refractivity contribution in [3.05, 3.63) is 0 Å². The van der Waals surface area contributed by atoms with Gasteiger partial charge in [-0.1, -0.05) is 0 Å². The van der Waals surface area contributed by atoms with Crippen molar-refractivity contribution in [3.8, 4) is 0 Å². The zero-order valence-electron chi connectivity index (χ0n) is 4.50. The van der Waals surface area contributed by atoms with E-state index in [1.807, 2.05) is 0 Å². The predicted octanol–water partition coefficient (Wildman–Crippen LogP) is -6.19. The average molecular weight is 188 g/mol. The second kappa shape index (κ2) is 4.22. The van der Waals surface area contributed by atoms with Crippen LogP contribution in [0.1, 0.15) is 0 Å². The van der Waals surface area contributed by atoms with E-state index in [2.05, 4.69) is 0 Å². The highest BCUT2D eigenvalue weighted by Crippen LogP contribution is 1.81. The summed E-state index contributed by atoms with van der Waals surface area (Å²) in [6.45, 7) is -0.118. The molecule has 0 amide bonds. The number of likely N-dealkylation sites (N-methyl/N-ethyl adjacent to an activating group) is 1. The molecule has 0 aromatic rings. The maximum Gasteiger partial charge on any atom is 0.327 e. The molecule has 0 spiro atoms. The Kier molecular flexibility index (Phi) is 5.89. The van der Waals surface area contributed by atoms with Crippen LogP contribution in [0.15, 0.2) is 0 Å². The van der Waals surface area contributed by atoms with Crippen LogP contribution < -0.4 is 22.3 Å². The number of aliphatic hydroxyl groups is 3. The first-order valence-electron chi connectivity index (χ1n) is 2.01. The number of hydrogen-bond donors (Lipinski definition) is 4. The lowest BCUT2D eigenvalue weighted by atomic mass is 10.6. The minimum atomic E-state index is -2.51. The molecular formula is C3H10BrNO3. The molecule has 0 atom stereocenters. The van der Waals surface area contributed by atoms with Crippen LogP contribution in [-0.4, -0.2) is 34.9 Å². The molecule has 8 heavy (non-hydrogen) atoms. The summed E-state index contributed by atoms with van der Waals surface area (Å²) in [4.78, 5) is 0. The van der Waals surface area contributed by atoms with Gasteiger partial charge in [-0.2, -0.15) is 0 Å². The minimum Gasteiger partial charge on any atom is -1.00 e. The molecule has 52 valence electrons. The Hall–Kier alpha value is 0.320. The second-order valence-corrected chi connectivity index (χ2v) is 1.39. The van der Waals surface area contributed by atoms with Crippen LogP contribution >= 0.6 is 0 Å². The molecule has 0 saturated carbocycles. The lowest BCUT2D eigenvalue weighted by Crippen LogP contribution is -3.00. The van der Waals surface area contributed by atoms with E-state index in [1.165, 1.54) is 5.32 Å². The van der Waals surface area contributed by atoms with Crippen LogP contribution in [0.3, 0.4) is 0 Å². The van der Waals surface area contributed by atoms with Crippen LogP contribution in [0.2, 0.25) is 0 Å². The molecule has 0 aliphatic heterocycles. The number of halogens is 1. The largest absolute Gasteiger partial charge is 1.00 e. The van der Waals surface area contributed by atoms with E-state index < -0.39 is 5.97 Å². The van der Waals surface area contributed by atoms with Gasteiger partial charge in [-0.15, -0.1) is 0 Å². The molecule has 4 nitrogen and oxygen atoms in total. The van der Waals surface area contributed by atoms with Crippen molar-refractivity contribution >= 4 is 0 Å². The maximum absolute atomic E-state index is 8.10. The Morgan fingerprint density at radius 1 is 1.38 bits per heavy atom. The highest BCUT2D eigenvalue weighted by atomic mass is 79.9. The molecular weight excluding hydrogens is 178 g/mol. The Morgan fingerprint density at radius 3 is 1.75 bits per heavy atom. The number of rotatable bonds is 2. The van der Waals surface area contributed by atoms with E-state index in [4.69, 9.17) is 15.3 Å². The number of nitrogens with two attached hydrogens (primary N) is 1. The number of quaternary nitrogens is 1. The Morgan fingerprint density at radius 2 is 1.75 bits per heavy atom. The van der Waals surface area contributed by atoms with Gasteiger partial charge in [0.1, 0.15) is 0 Å². The first-order valence-corrected chi connectivity index (χ1v) is 2.01. The topological polar surface area (TPSA) is 77.3 Å². The van der Waals surface area contributed by atoms with Crippen LogP contribution in [0.4, 0.5) is 0 Å². The van der Waals surface area contributed by atoms with E-state index in [1.54, 1.807) is 7.05 Å². The monoisotopic (exact) mass is 187 g/mol. The molecule has 0 saturated heterocycles. The van der Waals surface area contributed by atoms with Gasteiger partial charge in [0.2, 0.25) is 0 Å². The molecule has 5 N–H and O–H groups in total. The summed E-state index contributed by atoms with van der Waals surface area (Å²) >= 11 is 0. The quantitative estimate of drug-likeness (QED) is 0.325. The summed E-state index contributed by atoms with van der Waals surface area (Å²) in [5.41, 5.74) is 0. The Bertz CT molecular complexity index is 53.0. The van der Waals surface area contributed by atoms with Gasteiger partial charge in [-0.3, -0.25) is 0 Å². The molecule has 0 aliphatic rings. The smallest absolute Gasteiger partial charge is 0.327 e. The SMILES string of the molecule is C[NH2+]CC(O)(O)O.[Br-]. The van der Waals surface area contributed by atoms with Crippen molar-refractivity contribution in [3.63, 3.8) is 0 Å². The molecule has 0 rings (SSSR count). The van der Waals surface area contributed by atoms with Crippen LogP contribution in [-0.2, 0) is 0 Å². The first kappa shape index (κ1) is 11.2. The molecule has 0 radical (unpaired) electrons. The van der Waals surface area contributed by atoms with Gasteiger partial charge in [-0.25, -0.2) is 0 Å². The van der Waals surface area contributed by atoms with E-state index in [0.717, 1.165) is 0 Å². The lowest BCUT2D eigenvalue weighted by molar-refractivity contribution is -0.664. The number of hydrogen-bond acceptors (Lipinski definition) is 3. The van der Waals surface area contributed by atoms with Gasteiger partial charge < -0.3 is 37.6 Å². The van der Waals surface area contributed by atoms with Crippen molar-refractivity contribution in [1.82, 2.24) is 0 Å². The lowest BCUT2D eigenvalue weighted by Gasteiger charge is -2.08.